The zero-order chi connectivity index (χ0) is 22.0. The molecule has 0 atom stereocenters. The van der Waals surface area contributed by atoms with E-state index in [0.29, 0.717) is 31.2 Å². The SMILES string of the molecule is CCc1nc(-c2ccc(N3CCN(C(=O)c4ccc(C(C)(C)C)cc4)CC3)nc2)no1. The fraction of sp³-hybridized carbons (Fsp3) is 0.417. The van der Waals surface area contributed by atoms with Gasteiger partial charge in [0, 0.05) is 49.9 Å². The van der Waals surface area contributed by atoms with Crippen molar-refractivity contribution in [2.75, 3.05) is 31.1 Å². The molecule has 1 aliphatic rings. The van der Waals surface area contributed by atoms with Gasteiger partial charge < -0.3 is 14.3 Å². The molecule has 0 unspecified atom stereocenters. The van der Waals surface area contributed by atoms with E-state index in [0.717, 1.165) is 30.0 Å². The van der Waals surface area contributed by atoms with Crippen LogP contribution in [0.5, 0.6) is 0 Å². The molecule has 1 saturated heterocycles. The number of benzene rings is 1. The average Bonchev–Trinajstić information content (AvgIpc) is 3.28. The van der Waals surface area contributed by atoms with Gasteiger partial charge in [-0.15, -0.1) is 0 Å². The lowest BCUT2D eigenvalue weighted by molar-refractivity contribution is 0.0746. The van der Waals surface area contributed by atoms with E-state index in [1.54, 1.807) is 6.20 Å². The smallest absolute Gasteiger partial charge is 0.253 e. The Labute approximate surface area is 183 Å². The first-order valence-electron chi connectivity index (χ1n) is 10.8. The molecule has 7 nitrogen and oxygen atoms in total. The second kappa shape index (κ2) is 8.49. The highest BCUT2D eigenvalue weighted by atomic mass is 16.5. The van der Waals surface area contributed by atoms with Gasteiger partial charge in [-0.05, 0) is 35.2 Å². The van der Waals surface area contributed by atoms with E-state index in [1.807, 2.05) is 36.1 Å². The Bertz CT molecular complexity index is 1030. The first kappa shape index (κ1) is 21.0. The van der Waals surface area contributed by atoms with Gasteiger partial charge in [0.25, 0.3) is 5.91 Å². The maximum Gasteiger partial charge on any atom is 0.253 e. The van der Waals surface area contributed by atoms with E-state index in [9.17, 15) is 4.79 Å². The van der Waals surface area contributed by atoms with Gasteiger partial charge in [0.05, 0.1) is 0 Å². The zero-order valence-electron chi connectivity index (χ0n) is 18.6. The van der Waals surface area contributed by atoms with Crippen molar-refractivity contribution >= 4 is 11.7 Å². The Morgan fingerprint density at radius 2 is 1.74 bits per heavy atom. The van der Waals surface area contributed by atoms with Crippen LogP contribution < -0.4 is 4.90 Å². The highest BCUT2D eigenvalue weighted by Gasteiger charge is 2.23. The van der Waals surface area contributed by atoms with Gasteiger partial charge >= 0.3 is 0 Å². The van der Waals surface area contributed by atoms with Crippen LogP contribution in [-0.4, -0.2) is 52.1 Å². The van der Waals surface area contributed by atoms with Gasteiger partial charge in [-0.1, -0.05) is 45.0 Å². The van der Waals surface area contributed by atoms with Crippen LogP contribution in [0.2, 0.25) is 0 Å². The second-order valence-electron chi connectivity index (χ2n) is 8.88. The lowest BCUT2D eigenvalue weighted by atomic mass is 9.86. The van der Waals surface area contributed by atoms with E-state index in [4.69, 9.17) is 4.52 Å². The molecule has 3 heterocycles. The molecule has 1 fully saturated rings. The maximum absolute atomic E-state index is 12.9. The van der Waals surface area contributed by atoms with Crippen molar-refractivity contribution in [2.45, 2.75) is 39.5 Å². The minimum atomic E-state index is 0.0811. The van der Waals surface area contributed by atoms with Gasteiger partial charge in [-0.2, -0.15) is 4.98 Å². The largest absolute Gasteiger partial charge is 0.353 e. The summed E-state index contributed by atoms with van der Waals surface area (Å²) in [6, 6.07) is 11.9. The number of pyridine rings is 1. The number of carbonyl (C=O) groups is 1. The monoisotopic (exact) mass is 419 g/mol. The summed E-state index contributed by atoms with van der Waals surface area (Å²) in [6.45, 7) is 11.4. The van der Waals surface area contributed by atoms with Crippen molar-refractivity contribution in [3.8, 4) is 11.4 Å². The van der Waals surface area contributed by atoms with Crippen LogP contribution in [0.4, 0.5) is 5.82 Å². The molecule has 1 aromatic carbocycles. The first-order chi connectivity index (χ1) is 14.8. The van der Waals surface area contributed by atoms with E-state index >= 15 is 0 Å². The van der Waals surface area contributed by atoms with Crippen LogP contribution >= 0.6 is 0 Å². The summed E-state index contributed by atoms with van der Waals surface area (Å²) < 4.78 is 5.17. The Balaban J connectivity index is 1.36. The molecule has 0 saturated carbocycles. The molecule has 0 radical (unpaired) electrons. The number of amides is 1. The summed E-state index contributed by atoms with van der Waals surface area (Å²) in [5.41, 5.74) is 2.89. The molecule has 0 aliphatic carbocycles. The van der Waals surface area contributed by atoms with Gasteiger partial charge in [-0.25, -0.2) is 4.98 Å². The third-order valence-electron chi connectivity index (χ3n) is 5.67. The third-order valence-corrected chi connectivity index (χ3v) is 5.67. The average molecular weight is 420 g/mol. The van der Waals surface area contributed by atoms with Crippen LogP contribution in [-0.2, 0) is 11.8 Å². The summed E-state index contributed by atoms with van der Waals surface area (Å²) in [5.74, 6) is 2.16. The lowest BCUT2D eigenvalue weighted by Crippen LogP contribution is -2.49. The van der Waals surface area contributed by atoms with E-state index in [-0.39, 0.29) is 11.3 Å². The first-order valence-corrected chi connectivity index (χ1v) is 10.8. The Kier molecular flexibility index (Phi) is 5.76. The number of rotatable bonds is 4. The number of aryl methyl sites for hydroxylation is 1. The van der Waals surface area contributed by atoms with Crippen LogP contribution in [0.3, 0.4) is 0 Å². The highest BCUT2D eigenvalue weighted by molar-refractivity contribution is 5.94. The summed E-state index contributed by atoms with van der Waals surface area (Å²) >= 11 is 0. The van der Waals surface area contributed by atoms with Crippen molar-refractivity contribution in [3.05, 3.63) is 59.6 Å². The third kappa shape index (κ3) is 4.60. The van der Waals surface area contributed by atoms with Crippen LogP contribution in [0.25, 0.3) is 11.4 Å². The number of hydrogen-bond donors (Lipinski definition) is 0. The quantitative estimate of drug-likeness (QED) is 0.637. The fourth-order valence-electron chi connectivity index (χ4n) is 3.66. The minimum absolute atomic E-state index is 0.0811. The van der Waals surface area contributed by atoms with Crippen molar-refractivity contribution < 1.29 is 9.32 Å². The van der Waals surface area contributed by atoms with E-state index in [1.165, 1.54) is 5.56 Å². The molecule has 162 valence electrons. The molecular weight excluding hydrogens is 390 g/mol. The number of hydrogen-bond acceptors (Lipinski definition) is 6. The highest BCUT2D eigenvalue weighted by Crippen LogP contribution is 2.23. The Hall–Kier alpha value is -3.22. The Morgan fingerprint density at radius 1 is 1.03 bits per heavy atom. The van der Waals surface area contributed by atoms with Crippen molar-refractivity contribution in [2.24, 2.45) is 0 Å². The standard InChI is InChI=1S/C24H29N5O2/c1-5-21-26-22(27-31-21)18-8-11-20(25-16-18)28-12-14-29(15-13-28)23(30)17-6-9-19(10-7-17)24(2,3)4/h6-11,16H,5,12-15H2,1-4H3. The molecular formula is C24H29N5O2. The summed E-state index contributed by atoms with van der Waals surface area (Å²) in [7, 11) is 0. The van der Waals surface area contributed by atoms with Crippen molar-refractivity contribution in [1.29, 1.82) is 0 Å². The van der Waals surface area contributed by atoms with Crippen molar-refractivity contribution in [1.82, 2.24) is 20.0 Å². The molecule has 7 heteroatoms. The topological polar surface area (TPSA) is 75.4 Å². The molecule has 31 heavy (non-hydrogen) atoms. The van der Waals surface area contributed by atoms with Crippen LogP contribution in [0.15, 0.2) is 47.1 Å². The molecule has 4 rings (SSSR count). The minimum Gasteiger partial charge on any atom is -0.353 e. The second-order valence-corrected chi connectivity index (χ2v) is 8.88. The van der Waals surface area contributed by atoms with Gasteiger partial charge in [0.15, 0.2) is 0 Å². The van der Waals surface area contributed by atoms with Crippen LogP contribution in [0, 0.1) is 0 Å². The summed E-state index contributed by atoms with van der Waals surface area (Å²) in [5, 5.41) is 3.99. The van der Waals surface area contributed by atoms with E-state index in [2.05, 4.69) is 52.9 Å². The van der Waals surface area contributed by atoms with Crippen molar-refractivity contribution in [3.63, 3.8) is 0 Å². The van der Waals surface area contributed by atoms with Gasteiger partial charge in [0.2, 0.25) is 11.7 Å². The van der Waals surface area contributed by atoms with Gasteiger partial charge in [0.1, 0.15) is 5.82 Å². The molecule has 1 aliphatic heterocycles. The van der Waals surface area contributed by atoms with Gasteiger partial charge in [-0.3, -0.25) is 4.79 Å². The number of nitrogens with zero attached hydrogens (tertiary/aromatic N) is 5. The van der Waals surface area contributed by atoms with E-state index < -0.39 is 0 Å². The predicted octanol–water partition coefficient (Wildman–Crippen LogP) is 3.95. The fourth-order valence-corrected chi connectivity index (χ4v) is 3.66. The molecule has 0 spiro atoms. The molecule has 3 aromatic rings. The molecule has 1 amide bonds. The number of aromatic nitrogens is 3. The summed E-state index contributed by atoms with van der Waals surface area (Å²) in [4.78, 5) is 25.9. The molecule has 2 aromatic heterocycles. The number of piperazine rings is 1. The maximum atomic E-state index is 12.9. The summed E-state index contributed by atoms with van der Waals surface area (Å²) in [6.07, 6.45) is 2.48. The number of anilines is 1. The molecule has 0 bridgehead atoms. The normalized spacial score (nSPS) is 14.7. The molecule has 0 N–H and O–H groups in total. The Morgan fingerprint density at radius 3 is 2.29 bits per heavy atom. The lowest BCUT2D eigenvalue weighted by Gasteiger charge is -2.35. The van der Waals surface area contributed by atoms with Crippen LogP contribution in [0.1, 0.15) is 49.5 Å². The number of carbonyl (C=O) groups excluding carboxylic acids is 1. The predicted molar refractivity (Wildman–Crippen MR) is 120 cm³/mol. The zero-order valence-corrected chi connectivity index (χ0v) is 18.6.